The predicted molar refractivity (Wildman–Crippen MR) is 69.6 cm³/mol. The Bertz CT molecular complexity index is 463. The first-order valence-electron chi connectivity index (χ1n) is 6.91. The van der Waals surface area contributed by atoms with Crippen LogP contribution in [-0.2, 0) is 6.54 Å². The minimum absolute atomic E-state index is 0.509. The Balaban J connectivity index is 1.48. The lowest BCUT2D eigenvalue weighted by molar-refractivity contribution is 0.318. The Morgan fingerprint density at radius 3 is 3.06 bits per heavy atom. The van der Waals surface area contributed by atoms with Gasteiger partial charge in [0.05, 0.1) is 0 Å². The molecule has 0 aliphatic heterocycles. The van der Waals surface area contributed by atoms with Crippen molar-refractivity contribution in [1.29, 1.82) is 5.26 Å². The molecule has 1 N–H and O–H groups in total. The van der Waals surface area contributed by atoms with Crippen molar-refractivity contribution in [2.45, 2.75) is 32.2 Å². The topological polar surface area (TPSA) is 48.7 Å². The van der Waals surface area contributed by atoms with Gasteiger partial charge in [-0.25, -0.2) is 4.98 Å². The van der Waals surface area contributed by atoms with Crippen LogP contribution < -0.4 is 5.32 Å². The highest BCUT2D eigenvalue weighted by atomic mass is 14.9. The fourth-order valence-electron chi connectivity index (χ4n) is 3.67. The molecular weight excluding hydrogens is 222 g/mol. The number of nitriles is 1. The predicted octanol–water partition coefficient (Wildman–Crippen LogP) is 2.48. The highest BCUT2D eigenvalue weighted by molar-refractivity contribution is 5.25. The van der Waals surface area contributed by atoms with Gasteiger partial charge in [-0.2, -0.15) is 5.26 Å². The van der Waals surface area contributed by atoms with E-state index in [-0.39, 0.29) is 0 Å². The fraction of sp³-hybridized carbons (Fsp3) is 0.600. The molecule has 3 rings (SSSR count). The molecule has 94 valence electrons. The Kier molecular flexibility index (Phi) is 3.29. The van der Waals surface area contributed by atoms with E-state index in [1.165, 1.54) is 25.7 Å². The third-order valence-corrected chi connectivity index (χ3v) is 4.56. The Morgan fingerprint density at radius 1 is 1.39 bits per heavy atom. The van der Waals surface area contributed by atoms with Crippen molar-refractivity contribution < 1.29 is 0 Å². The summed E-state index contributed by atoms with van der Waals surface area (Å²) in [5.41, 5.74) is 1.67. The summed E-state index contributed by atoms with van der Waals surface area (Å²) in [6.45, 7) is 1.98. The van der Waals surface area contributed by atoms with Crippen LogP contribution in [-0.4, -0.2) is 11.5 Å². The van der Waals surface area contributed by atoms with E-state index in [0.717, 1.165) is 36.4 Å². The Morgan fingerprint density at radius 2 is 2.33 bits per heavy atom. The molecule has 3 nitrogen and oxygen atoms in total. The monoisotopic (exact) mass is 241 g/mol. The van der Waals surface area contributed by atoms with Gasteiger partial charge in [0.25, 0.3) is 0 Å². The van der Waals surface area contributed by atoms with Gasteiger partial charge in [0, 0.05) is 12.7 Å². The molecule has 2 saturated carbocycles. The first-order valence-corrected chi connectivity index (χ1v) is 6.91. The number of pyridine rings is 1. The van der Waals surface area contributed by atoms with Crippen LogP contribution >= 0.6 is 0 Å². The van der Waals surface area contributed by atoms with Crippen LogP contribution in [0.25, 0.3) is 0 Å². The SMILES string of the molecule is N#Cc1cc(CNCC2CC3CCC2C3)ccn1. The molecule has 0 amide bonds. The summed E-state index contributed by atoms with van der Waals surface area (Å²) in [5.74, 6) is 2.89. The van der Waals surface area contributed by atoms with E-state index in [2.05, 4.69) is 16.4 Å². The number of nitrogens with one attached hydrogen (secondary N) is 1. The summed E-state index contributed by atoms with van der Waals surface area (Å²) in [6.07, 6.45) is 7.53. The molecule has 0 spiro atoms. The van der Waals surface area contributed by atoms with E-state index in [0.29, 0.717) is 5.69 Å². The lowest BCUT2D eigenvalue weighted by Gasteiger charge is -2.21. The molecule has 1 aromatic rings. The van der Waals surface area contributed by atoms with Crippen LogP contribution in [0.3, 0.4) is 0 Å². The number of rotatable bonds is 4. The van der Waals surface area contributed by atoms with E-state index in [9.17, 15) is 0 Å². The lowest BCUT2D eigenvalue weighted by Crippen LogP contribution is -2.26. The van der Waals surface area contributed by atoms with Gasteiger partial charge < -0.3 is 5.32 Å². The third-order valence-electron chi connectivity index (χ3n) is 4.56. The number of hydrogen-bond acceptors (Lipinski definition) is 3. The van der Waals surface area contributed by atoms with Crippen molar-refractivity contribution in [1.82, 2.24) is 10.3 Å². The zero-order valence-electron chi connectivity index (χ0n) is 10.6. The van der Waals surface area contributed by atoms with Crippen LogP contribution in [0.15, 0.2) is 18.3 Å². The van der Waals surface area contributed by atoms with E-state index < -0.39 is 0 Å². The summed E-state index contributed by atoms with van der Waals surface area (Å²) in [4.78, 5) is 3.99. The average Bonchev–Trinajstić information content (AvgIpc) is 3.01. The largest absolute Gasteiger partial charge is 0.312 e. The molecule has 3 heteroatoms. The quantitative estimate of drug-likeness (QED) is 0.881. The zero-order valence-corrected chi connectivity index (χ0v) is 10.6. The van der Waals surface area contributed by atoms with Gasteiger partial charge >= 0.3 is 0 Å². The fourth-order valence-corrected chi connectivity index (χ4v) is 3.67. The zero-order chi connectivity index (χ0) is 12.4. The second-order valence-corrected chi connectivity index (χ2v) is 5.73. The number of aromatic nitrogens is 1. The standard InChI is InChI=1S/C15H19N3/c16-8-15-7-12(3-4-18-15)9-17-10-14-6-11-1-2-13(14)5-11/h3-4,7,11,13-14,17H,1-2,5-6,9-10H2. The van der Waals surface area contributed by atoms with Crippen molar-refractivity contribution in [2.24, 2.45) is 17.8 Å². The molecule has 2 aliphatic rings. The summed E-state index contributed by atoms with van der Waals surface area (Å²) >= 11 is 0. The van der Waals surface area contributed by atoms with E-state index in [4.69, 9.17) is 5.26 Å². The van der Waals surface area contributed by atoms with E-state index >= 15 is 0 Å². The molecule has 1 heterocycles. The smallest absolute Gasteiger partial charge is 0.140 e. The summed E-state index contributed by atoms with van der Waals surface area (Å²) < 4.78 is 0. The first-order chi connectivity index (χ1) is 8.85. The van der Waals surface area contributed by atoms with Crippen LogP contribution in [0.2, 0.25) is 0 Å². The van der Waals surface area contributed by atoms with Crippen molar-refractivity contribution >= 4 is 0 Å². The first kappa shape index (κ1) is 11.7. The summed E-state index contributed by atoms with van der Waals surface area (Å²) in [5, 5.41) is 12.3. The van der Waals surface area contributed by atoms with Gasteiger partial charge in [-0.15, -0.1) is 0 Å². The van der Waals surface area contributed by atoms with Gasteiger partial charge in [0.1, 0.15) is 11.8 Å². The second-order valence-electron chi connectivity index (χ2n) is 5.73. The molecule has 1 aromatic heterocycles. The summed E-state index contributed by atoms with van der Waals surface area (Å²) in [6, 6.07) is 5.93. The normalized spacial score (nSPS) is 29.4. The molecule has 2 bridgehead atoms. The molecule has 2 aliphatic carbocycles. The van der Waals surface area contributed by atoms with Gasteiger partial charge in [0.15, 0.2) is 0 Å². The average molecular weight is 241 g/mol. The Hall–Kier alpha value is -1.40. The maximum atomic E-state index is 8.80. The minimum Gasteiger partial charge on any atom is -0.312 e. The highest BCUT2D eigenvalue weighted by Gasteiger charge is 2.38. The maximum Gasteiger partial charge on any atom is 0.140 e. The molecule has 3 unspecified atom stereocenters. The minimum atomic E-state index is 0.509. The van der Waals surface area contributed by atoms with Crippen molar-refractivity contribution in [3.63, 3.8) is 0 Å². The Labute approximate surface area is 108 Å². The molecule has 0 radical (unpaired) electrons. The second kappa shape index (κ2) is 5.07. The molecule has 0 aromatic carbocycles. The van der Waals surface area contributed by atoms with Gasteiger partial charge in [-0.3, -0.25) is 0 Å². The molecule has 2 fully saturated rings. The van der Waals surface area contributed by atoms with Crippen LogP contribution in [0.5, 0.6) is 0 Å². The number of hydrogen-bond donors (Lipinski definition) is 1. The summed E-state index contributed by atoms with van der Waals surface area (Å²) in [7, 11) is 0. The number of fused-ring (bicyclic) bond motifs is 2. The molecule has 18 heavy (non-hydrogen) atoms. The van der Waals surface area contributed by atoms with Crippen molar-refractivity contribution in [2.75, 3.05) is 6.54 Å². The van der Waals surface area contributed by atoms with Gasteiger partial charge in [-0.05, 0) is 61.3 Å². The van der Waals surface area contributed by atoms with E-state index in [1.54, 1.807) is 6.20 Å². The highest BCUT2D eigenvalue weighted by Crippen LogP contribution is 2.47. The molecule has 0 saturated heterocycles. The van der Waals surface area contributed by atoms with E-state index in [1.807, 2.05) is 12.1 Å². The van der Waals surface area contributed by atoms with Gasteiger partial charge in [0.2, 0.25) is 0 Å². The lowest BCUT2D eigenvalue weighted by atomic mass is 9.89. The van der Waals surface area contributed by atoms with Crippen LogP contribution in [0, 0.1) is 29.1 Å². The molecular formula is C15H19N3. The van der Waals surface area contributed by atoms with Crippen molar-refractivity contribution in [3.05, 3.63) is 29.6 Å². The third kappa shape index (κ3) is 2.39. The van der Waals surface area contributed by atoms with Crippen molar-refractivity contribution in [3.8, 4) is 6.07 Å². The molecule has 3 atom stereocenters. The number of nitrogens with zero attached hydrogens (tertiary/aromatic N) is 2. The van der Waals surface area contributed by atoms with Crippen LogP contribution in [0.1, 0.15) is 36.9 Å². The maximum absolute atomic E-state index is 8.80. The van der Waals surface area contributed by atoms with Gasteiger partial charge in [-0.1, -0.05) is 6.42 Å². The van der Waals surface area contributed by atoms with Crippen LogP contribution in [0.4, 0.5) is 0 Å².